The van der Waals surface area contributed by atoms with Crippen LogP contribution in [-0.4, -0.2) is 31.7 Å². The monoisotopic (exact) mass is 443 g/mol. The number of methoxy groups -OCH3 is 1. The molecule has 3 nitrogen and oxygen atoms in total. The van der Waals surface area contributed by atoms with Gasteiger partial charge in [-0.25, -0.2) is 0 Å². The Morgan fingerprint density at radius 3 is 2.11 bits per heavy atom. The molecule has 1 heterocycles. The Hall–Kier alpha value is -2.26. The normalized spacial score (nSPS) is 21.6. The Kier molecular flexibility index (Phi) is 4.96. The first-order chi connectivity index (χ1) is 13.1. The van der Waals surface area contributed by atoms with Gasteiger partial charge in [0.1, 0.15) is 0 Å². The number of hydrogen-bond donors (Lipinski definition) is 0. The quantitative estimate of drug-likeness (QED) is 0.342. The van der Waals surface area contributed by atoms with Crippen molar-refractivity contribution in [1.29, 1.82) is 0 Å². The van der Waals surface area contributed by atoms with E-state index in [1.54, 1.807) is 12.0 Å². The molecule has 136 valence electrons. The fraction of sp³-hybridized carbons (Fsp3) is 0.136. The number of hydrogen-bond acceptors (Lipinski definition) is 2. The van der Waals surface area contributed by atoms with Crippen LogP contribution in [0.5, 0.6) is 5.75 Å². The van der Waals surface area contributed by atoms with Crippen LogP contribution in [-0.2, 0) is 4.79 Å². The number of amides is 1. The zero-order valence-electron chi connectivity index (χ0n) is 14.7. The minimum absolute atomic E-state index is 0.0490. The second kappa shape index (κ2) is 7.40. The molecule has 3 aromatic rings. The van der Waals surface area contributed by atoms with Crippen molar-refractivity contribution < 1.29 is 9.53 Å². The van der Waals surface area contributed by atoms with Crippen molar-refractivity contribution in [3.8, 4) is 5.75 Å². The molecule has 0 bridgehead atoms. The van der Waals surface area contributed by atoms with Crippen molar-refractivity contribution in [3.05, 3.63) is 90.5 Å². The van der Waals surface area contributed by atoms with Crippen molar-refractivity contribution in [3.63, 3.8) is 0 Å². The number of ether oxygens (including phenoxy) is 1. The van der Waals surface area contributed by atoms with E-state index in [1.807, 2.05) is 84.9 Å². The van der Waals surface area contributed by atoms with Gasteiger partial charge < -0.3 is 0 Å². The average Bonchev–Trinajstić information content (AvgIpc) is 2.73. The van der Waals surface area contributed by atoms with Crippen molar-refractivity contribution in [1.82, 2.24) is 0 Å². The molecule has 0 radical (unpaired) electrons. The van der Waals surface area contributed by atoms with E-state index in [1.165, 1.54) is 0 Å². The molecule has 4 rings (SSSR count). The van der Waals surface area contributed by atoms with Crippen LogP contribution in [0.25, 0.3) is 0 Å². The fourth-order valence-electron chi connectivity index (χ4n) is 3.27. The maximum absolute atomic E-state index is 13.2. The van der Waals surface area contributed by atoms with E-state index >= 15 is 0 Å². The van der Waals surface area contributed by atoms with Gasteiger partial charge in [0.05, 0.1) is 0 Å². The summed E-state index contributed by atoms with van der Waals surface area (Å²) in [5.41, 5.74) is 1.87. The number of carbonyl (C=O) groups is 1. The van der Waals surface area contributed by atoms with Gasteiger partial charge >= 0.3 is 170 Å². The summed E-state index contributed by atoms with van der Waals surface area (Å²) in [7, 11) is 1.63. The summed E-state index contributed by atoms with van der Waals surface area (Å²) in [4.78, 5) is 15.0. The number of nitrogens with zero attached hydrogens (tertiary/aromatic N) is 1. The molecule has 0 aliphatic carbocycles. The molecule has 1 fully saturated rings. The van der Waals surface area contributed by atoms with E-state index < -0.39 is 3.77 Å². The van der Waals surface area contributed by atoms with E-state index in [0.29, 0.717) is 0 Å². The Morgan fingerprint density at radius 1 is 0.926 bits per heavy atom. The Balaban J connectivity index is 1.72. The predicted molar refractivity (Wildman–Crippen MR) is 110 cm³/mol. The van der Waals surface area contributed by atoms with Crippen molar-refractivity contribution >= 4 is 42.6 Å². The van der Waals surface area contributed by atoms with Crippen LogP contribution < -0.4 is 14.1 Å². The summed E-state index contributed by atoms with van der Waals surface area (Å²) in [5, 5.41) is 0. The molecule has 2 atom stereocenters. The summed E-state index contributed by atoms with van der Waals surface area (Å²) in [5.74, 6) is 0.709. The first kappa shape index (κ1) is 18.1. The van der Waals surface area contributed by atoms with E-state index in [0.717, 1.165) is 21.5 Å². The number of benzene rings is 3. The number of anilines is 1. The molecular weight excluding hydrogens is 425 g/mol. The van der Waals surface area contributed by atoms with E-state index in [2.05, 4.69) is 0 Å². The van der Waals surface area contributed by atoms with Crippen LogP contribution in [0.3, 0.4) is 0 Å². The maximum atomic E-state index is 13.2. The molecule has 1 aliphatic rings. The van der Waals surface area contributed by atoms with Gasteiger partial charge in [0.25, 0.3) is 0 Å². The molecule has 1 saturated heterocycles. The third-order valence-electron chi connectivity index (χ3n) is 4.60. The zero-order chi connectivity index (χ0) is 18.9. The minimum atomic E-state index is -0.935. The first-order valence-corrected chi connectivity index (χ1v) is 10.7. The Labute approximate surface area is 170 Å². The summed E-state index contributed by atoms with van der Waals surface area (Å²) in [6.45, 7) is 0. The standard InChI is InChI=1S/C22H18ClNO2Se/c1-26-18-14-12-17(13-15-18)24-20(16-8-4-2-5-9-16)22(23,21(24)25)27-19-10-6-3-7-11-19/h2-15,20H,1H3/t20-,22-/m1/s1. The first-order valence-electron chi connectivity index (χ1n) is 8.59. The molecule has 1 amide bonds. The van der Waals surface area contributed by atoms with E-state index in [-0.39, 0.29) is 26.9 Å². The molecule has 0 N–H and O–H groups in total. The number of halogens is 1. The van der Waals surface area contributed by atoms with Crippen LogP contribution in [0.2, 0.25) is 0 Å². The molecule has 3 aromatic carbocycles. The molecule has 0 spiro atoms. The second-order valence-electron chi connectivity index (χ2n) is 6.25. The van der Waals surface area contributed by atoms with Crippen LogP contribution in [0.4, 0.5) is 5.69 Å². The molecule has 0 saturated carbocycles. The van der Waals surface area contributed by atoms with Crippen LogP contribution in [0, 0.1) is 0 Å². The molecule has 5 heteroatoms. The number of alkyl halides is 1. The van der Waals surface area contributed by atoms with Gasteiger partial charge in [-0.2, -0.15) is 0 Å². The van der Waals surface area contributed by atoms with Gasteiger partial charge in [0, 0.05) is 0 Å². The van der Waals surface area contributed by atoms with Crippen molar-refractivity contribution in [2.45, 2.75) is 9.81 Å². The number of carbonyl (C=O) groups excluding carboxylic acids is 1. The average molecular weight is 443 g/mol. The van der Waals surface area contributed by atoms with Gasteiger partial charge in [-0.1, -0.05) is 0 Å². The molecular formula is C22H18ClNO2Se. The summed E-state index contributed by atoms with van der Waals surface area (Å²) < 4.78 is 5.41. The second-order valence-corrected chi connectivity index (χ2v) is 10.1. The van der Waals surface area contributed by atoms with Gasteiger partial charge in [0.2, 0.25) is 0 Å². The van der Waals surface area contributed by atoms with Gasteiger partial charge in [0.15, 0.2) is 0 Å². The Morgan fingerprint density at radius 2 is 1.52 bits per heavy atom. The van der Waals surface area contributed by atoms with Gasteiger partial charge in [-0.15, -0.1) is 0 Å². The van der Waals surface area contributed by atoms with Crippen molar-refractivity contribution in [2.24, 2.45) is 0 Å². The van der Waals surface area contributed by atoms with Crippen molar-refractivity contribution in [2.75, 3.05) is 12.0 Å². The fourth-order valence-corrected chi connectivity index (χ4v) is 6.51. The topological polar surface area (TPSA) is 29.5 Å². The number of β-lactam (4-membered cyclic amide) rings is 1. The van der Waals surface area contributed by atoms with Crippen LogP contribution >= 0.6 is 11.6 Å². The Bertz CT molecular complexity index is 934. The SMILES string of the molecule is COc1ccc(N2C(=O)[C@](Cl)([Se]c3ccccc3)[C@H]2c2ccccc2)cc1. The molecule has 27 heavy (non-hydrogen) atoms. The summed E-state index contributed by atoms with van der Waals surface area (Å²) >= 11 is 6.81. The van der Waals surface area contributed by atoms with E-state index in [4.69, 9.17) is 16.3 Å². The molecule has 0 aromatic heterocycles. The van der Waals surface area contributed by atoms with Gasteiger partial charge in [-0.3, -0.25) is 0 Å². The summed E-state index contributed by atoms with van der Waals surface area (Å²) in [6, 6.07) is 27.3. The van der Waals surface area contributed by atoms with Gasteiger partial charge in [-0.05, 0) is 0 Å². The van der Waals surface area contributed by atoms with Crippen LogP contribution in [0.15, 0.2) is 84.9 Å². The third kappa shape index (κ3) is 3.25. The molecule has 1 aliphatic heterocycles. The van der Waals surface area contributed by atoms with E-state index in [9.17, 15) is 4.79 Å². The summed E-state index contributed by atoms with van der Waals surface area (Å²) in [6.07, 6.45) is 0. The molecule has 0 unspecified atom stereocenters. The predicted octanol–water partition coefficient (Wildman–Crippen LogP) is 3.75. The van der Waals surface area contributed by atoms with Crippen LogP contribution in [0.1, 0.15) is 11.6 Å². The zero-order valence-corrected chi connectivity index (χ0v) is 17.2. The number of rotatable bonds is 5. The third-order valence-corrected chi connectivity index (χ3v) is 7.89.